The summed E-state index contributed by atoms with van der Waals surface area (Å²) in [6, 6.07) is 12.5. The Labute approximate surface area is 133 Å². The fourth-order valence-electron chi connectivity index (χ4n) is 2.52. The molecule has 2 nitrogen and oxygen atoms in total. The van der Waals surface area contributed by atoms with Gasteiger partial charge in [-0.15, -0.1) is 11.3 Å². The molecule has 1 atom stereocenters. The number of pyridine rings is 1. The summed E-state index contributed by atoms with van der Waals surface area (Å²) < 4.78 is 0. The average molecular weight is 317 g/mol. The van der Waals surface area contributed by atoms with E-state index in [1.165, 1.54) is 15.8 Å². The summed E-state index contributed by atoms with van der Waals surface area (Å²) in [5.41, 5.74) is 2.25. The first-order valence-electron chi connectivity index (χ1n) is 7.11. The van der Waals surface area contributed by atoms with Gasteiger partial charge < -0.3 is 5.32 Å². The van der Waals surface area contributed by atoms with Crippen molar-refractivity contribution < 1.29 is 0 Å². The zero-order chi connectivity index (χ0) is 14.7. The van der Waals surface area contributed by atoms with Crippen LogP contribution in [-0.4, -0.2) is 11.5 Å². The molecular weight excluding hydrogens is 300 g/mol. The van der Waals surface area contributed by atoms with Crippen molar-refractivity contribution in [3.63, 3.8) is 0 Å². The van der Waals surface area contributed by atoms with Gasteiger partial charge in [-0.1, -0.05) is 36.7 Å². The molecule has 0 aliphatic rings. The molecule has 4 heteroatoms. The first kappa shape index (κ1) is 14.5. The van der Waals surface area contributed by atoms with Crippen molar-refractivity contribution in [1.82, 2.24) is 10.3 Å². The third-order valence-corrected chi connectivity index (χ3v) is 4.92. The zero-order valence-electron chi connectivity index (χ0n) is 11.8. The van der Waals surface area contributed by atoms with Crippen LogP contribution in [0.4, 0.5) is 0 Å². The first-order chi connectivity index (χ1) is 10.3. The minimum Gasteiger partial charge on any atom is -0.306 e. The summed E-state index contributed by atoms with van der Waals surface area (Å²) in [7, 11) is 0. The summed E-state index contributed by atoms with van der Waals surface area (Å²) in [6.45, 7) is 3.13. The third-order valence-electron chi connectivity index (χ3n) is 3.50. The van der Waals surface area contributed by atoms with Crippen molar-refractivity contribution in [3.05, 3.63) is 63.4 Å². The van der Waals surface area contributed by atoms with Crippen LogP contribution in [0, 0.1) is 0 Å². The molecule has 2 aromatic heterocycles. The Morgan fingerprint density at radius 1 is 1.24 bits per heavy atom. The Morgan fingerprint density at radius 3 is 2.90 bits per heavy atom. The molecule has 3 rings (SSSR count). The molecule has 3 aromatic rings. The van der Waals surface area contributed by atoms with Gasteiger partial charge in [-0.3, -0.25) is 4.98 Å². The topological polar surface area (TPSA) is 24.9 Å². The lowest BCUT2D eigenvalue weighted by Gasteiger charge is -2.20. The summed E-state index contributed by atoms with van der Waals surface area (Å²) in [6.07, 6.45) is 2.92. The van der Waals surface area contributed by atoms with E-state index >= 15 is 0 Å². The standard InChI is InChI=1S/C17H17ClN2S/c1-2-9-20-16(17-14(18)8-11-21-17)13-5-3-7-15-12(13)6-4-10-19-15/h3-8,10-11,16,20H,2,9H2,1H3. The quantitative estimate of drug-likeness (QED) is 0.713. The van der Waals surface area contributed by atoms with Crippen LogP contribution in [0.2, 0.25) is 5.02 Å². The maximum atomic E-state index is 6.37. The molecule has 0 radical (unpaired) electrons. The zero-order valence-corrected chi connectivity index (χ0v) is 13.4. The lowest BCUT2D eigenvalue weighted by atomic mass is 10.00. The van der Waals surface area contributed by atoms with Gasteiger partial charge in [0.05, 0.1) is 16.6 Å². The third kappa shape index (κ3) is 2.95. The molecule has 21 heavy (non-hydrogen) atoms. The highest BCUT2D eigenvalue weighted by Crippen LogP contribution is 2.35. The second-order valence-corrected chi connectivity index (χ2v) is 6.29. The van der Waals surface area contributed by atoms with Crippen molar-refractivity contribution in [2.24, 2.45) is 0 Å². The molecule has 1 unspecified atom stereocenters. The van der Waals surface area contributed by atoms with E-state index in [9.17, 15) is 0 Å². The average Bonchev–Trinajstić information content (AvgIpc) is 2.94. The van der Waals surface area contributed by atoms with Crippen LogP contribution in [0.25, 0.3) is 10.9 Å². The van der Waals surface area contributed by atoms with Gasteiger partial charge in [-0.2, -0.15) is 0 Å². The van der Waals surface area contributed by atoms with E-state index in [4.69, 9.17) is 11.6 Å². The fourth-order valence-corrected chi connectivity index (χ4v) is 3.78. The van der Waals surface area contributed by atoms with Gasteiger partial charge in [-0.05, 0) is 42.1 Å². The molecule has 2 heterocycles. The minimum absolute atomic E-state index is 0.116. The van der Waals surface area contributed by atoms with Gasteiger partial charge >= 0.3 is 0 Å². The Morgan fingerprint density at radius 2 is 2.14 bits per heavy atom. The predicted molar refractivity (Wildman–Crippen MR) is 91.2 cm³/mol. The Hall–Kier alpha value is -1.42. The molecule has 0 aliphatic carbocycles. The molecular formula is C17H17ClN2S. The molecule has 1 N–H and O–H groups in total. The van der Waals surface area contributed by atoms with Gasteiger partial charge in [0.1, 0.15) is 0 Å². The molecule has 0 aliphatic heterocycles. The van der Waals surface area contributed by atoms with Gasteiger partial charge in [0.15, 0.2) is 0 Å². The Bertz CT molecular complexity index is 733. The number of benzene rings is 1. The van der Waals surface area contributed by atoms with Crippen LogP contribution in [0.1, 0.15) is 29.8 Å². The van der Waals surface area contributed by atoms with E-state index in [1.807, 2.05) is 29.8 Å². The normalized spacial score (nSPS) is 12.7. The van der Waals surface area contributed by atoms with Gasteiger partial charge in [0, 0.05) is 16.5 Å². The number of hydrogen-bond donors (Lipinski definition) is 1. The summed E-state index contributed by atoms with van der Waals surface area (Å²) in [5.74, 6) is 0. The Balaban J connectivity index is 2.12. The highest BCUT2D eigenvalue weighted by molar-refractivity contribution is 7.10. The largest absolute Gasteiger partial charge is 0.306 e. The van der Waals surface area contributed by atoms with Crippen molar-refractivity contribution >= 4 is 33.8 Å². The fraction of sp³-hybridized carbons (Fsp3) is 0.235. The van der Waals surface area contributed by atoms with Crippen LogP contribution in [-0.2, 0) is 0 Å². The summed E-state index contributed by atoms with van der Waals surface area (Å²) in [4.78, 5) is 5.62. The maximum Gasteiger partial charge on any atom is 0.0705 e. The van der Waals surface area contributed by atoms with Crippen molar-refractivity contribution in [2.75, 3.05) is 6.54 Å². The molecule has 0 spiro atoms. The van der Waals surface area contributed by atoms with Crippen molar-refractivity contribution in [1.29, 1.82) is 0 Å². The van der Waals surface area contributed by atoms with Gasteiger partial charge in [0.25, 0.3) is 0 Å². The van der Waals surface area contributed by atoms with Crippen LogP contribution >= 0.6 is 22.9 Å². The van der Waals surface area contributed by atoms with Crippen LogP contribution in [0.3, 0.4) is 0 Å². The minimum atomic E-state index is 0.116. The number of nitrogens with zero attached hydrogens (tertiary/aromatic N) is 1. The number of aromatic nitrogens is 1. The van der Waals surface area contributed by atoms with E-state index in [2.05, 4.69) is 35.4 Å². The molecule has 1 aromatic carbocycles. The lowest BCUT2D eigenvalue weighted by Crippen LogP contribution is -2.22. The SMILES string of the molecule is CCCNC(c1sccc1Cl)c1cccc2ncccc12. The summed E-state index contributed by atoms with van der Waals surface area (Å²) >= 11 is 8.07. The number of fused-ring (bicyclic) bond motifs is 1. The van der Waals surface area contributed by atoms with E-state index in [0.717, 1.165) is 23.5 Å². The van der Waals surface area contributed by atoms with E-state index in [-0.39, 0.29) is 6.04 Å². The van der Waals surface area contributed by atoms with E-state index in [0.29, 0.717) is 0 Å². The highest BCUT2D eigenvalue weighted by Gasteiger charge is 2.19. The second-order valence-electron chi connectivity index (χ2n) is 4.94. The smallest absolute Gasteiger partial charge is 0.0705 e. The van der Waals surface area contributed by atoms with Crippen LogP contribution in [0.5, 0.6) is 0 Å². The van der Waals surface area contributed by atoms with Crippen LogP contribution in [0.15, 0.2) is 48.0 Å². The molecule has 108 valence electrons. The van der Waals surface area contributed by atoms with E-state index in [1.54, 1.807) is 11.3 Å². The number of thiophene rings is 1. The maximum absolute atomic E-state index is 6.37. The van der Waals surface area contributed by atoms with E-state index < -0.39 is 0 Å². The van der Waals surface area contributed by atoms with Gasteiger partial charge in [0.2, 0.25) is 0 Å². The monoisotopic (exact) mass is 316 g/mol. The van der Waals surface area contributed by atoms with Gasteiger partial charge in [-0.25, -0.2) is 0 Å². The number of halogens is 1. The second kappa shape index (κ2) is 6.56. The number of hydrogen-bond acceptors (Lipinski definition) is 3. The van der Waals surface area contributed by atoms with Crippen molar-refractivity contribution in [3.8, 4) is 0 Å². The van der Waals surface area contributed by atoms with Crippen LogP contribution < -0.4 is 5.32 Å². The molecule has 0 saturated carbocycles. The number of rotatable bonds is 5. The molecule has 0 saturated heterocycles. The summed E-state index contributed by atoms with van der Waals surface area (Å²) in [5, 5.41) is 7.67. The molecule has 0 bridgehead atoms. The molecule has 0 fully saturated rings. The highest BCUT2D eigenvalue weighted by atomic mass is 35.5. The molecule has 0 amide bonds. The van der Waals surface area contributed by atoms with Crippen molar-refractivity contribution in [2.45, 2.75) is 19.4 Å². The lowest BCUT2D eigenvalue weighted by molar-refractivity contribution is 0.609. The first-order valence-corrected chi connectivity index (χ1v) is 8.37. The predicted octanol–water partition coefficient (Wildman–Crippen LogP) is 5.04. The Kier molecular flexibility index (Phi) is 4.54. The number of nitrogens with one attached hydrogen (secondary N) is 1.